The van der Waals surface area contributed by atoms with E-state index < -0.39 is 6.10 Å². The second-order valence-corrected chi connectivity index (χ2v) is 7.19. The molecule has 7 heteroatoms. The number of hydrogen-bond donors (Lipinski definition) is 1. The van der Waals surface area contributed by atoms with E-state index in [0.29, 0.717) is 16.7 Å². The molecule has 1 N–H and O–H groups in total. The summed E-state index contributed by atoms with van der Waals surface area (Å²) in [5.41, 5.74) is 0.358. The first-order valence-electron chi connectivity index (χ1n) is 7.42. The molecule has 0 bridgehead atoms. The number of rotatable bonds is 6. The SMILES string of the molecule is C[C@H](OC(=O)CSCc1cccs1)c1nc2ccccc2c(=O)[nH]1. The summed E-state index contributed by atoms with van der Waals surface area (Å²) in [6.07, 6.45) is -0.600. The normalized spacial score (nSPS) is 12.2. The van der Waals surface area contributed by atoms with Crippen molar-refractivity contribution >= 4 is 40.0 Å². The Labute approximate surface area is 147 Å². The molecule has 0 aliphatic rings. The molecule has 24 heavy (non-hydrogen) atoms. The molecule has 0 amide bonds. The number of nitrogens with zero attached hydrogens (tertiary/aromatic N) is 1. The molecule has 2 heterocycles. The lowest BCUT2D eigenvalue weighted by Gasteiger charge is -2.12. The summed E-state index contributed by atoms with van der Waals surface area (Å²) in [4.78, 5) is 32.3. The Bertz CT molecular complexity index is 890. The van der Waals surface area contributed by atoms with Gasteiger partial charge in [-0.2, -0.15) is 0 Å². The number of thiophene rings is 1. The van der Waals surface area contributed by atoms with Crippen LogP contribution in [0.5, 0.6) is 0 Å². The molecule has 0 fully saturated rings. The number of ether oxygens (including phenoxy) is 1. The molecule has 0 aliphatic carbocycles. The highest BCUT2D eigenvalue weighted by Crippen LogP contribution is 2.19. The van der Waals surface area contributed by atoms with E-state index in [1.54, 1.807) is 36.5 Å². The summed E-state index contributed by atoms with van der Waals surface area (Å²) >= 11 is 3.17. The second kappa shape index (κ2) is 7.63. The van der Waals surface area contributed by atoms with Gasteiger partial charge in [0.1, 0.15) is 0 Å². The molecule has 0 spiro atoms. The number of nitrogens with one attached hydrogen (secondary N) is 1. The number of aromatic amines is 1. The molecule has 3 aromatic rings. The molecule has 0 saturated heterocycles. The minimum absolute atomic E-state index is 0.231. The van der Waals surface area contributed by atoms with Crippen molar-refractivity contribution in [3.05, 3.63) is 62.8 Å². The number of thioether (sulfide) groups is 1. The zero-order chi connectivity index (χ0) is 16.9. The van der Waals surface area contributed by atoms with Crippen LogP contribution < -0.4 is 5.56 Å². The van der Waals surface area contributed by atoms with Crippen molar-refractivity contribution in [2.24, 2.45) is 0 Å². The molecule has 3 rings (SSSR count). The van der Waals surface area contributed by atoms with E-state index in [-0.39, 0.29) is 17.3 Å². The largest absolute Gasteiger partial charge is 0.454 e. The van der Waals surface area contributed by atoms with E-state index in [1.807, 2.05) is 23.6 Å². The van der Waals surface area contributed by atoms with Gasteiger partial charge in [-0.15, -0.1) is 23.1 Å². The first-order valence-corrected chi connectivity index (χ1v) is 9.45. The maximum absolute atomic E-state index is 12.1. The minimum Gasteiger partial charge on any atom is -0.454 e. The first-order chi connectivity index (χ1) is 11.6. The number of H-pyrrole nitrogens is 1. The second-order valence-electron chi connectivity index (χ2n) is 5.17. The van der Waals surface area contributed by atoms with Crippen LogP contribution in [-0.2, 0) is 15.3 Å². The van der Waals surface area contributed by atoms with Crippen molar-refractivity contribution in [1.29, 1.82) is 0 Å². The number of aromatic nitrogens is 2. The van der Waals surface area contributed by atoms with Gasteiger partial charge in [0.05, 0.1) is 16.7 Å². The third kappa shape index (κ3) is 4.04. The predicted octanol–water partition coefficient (Wildman–Crippen LogP) is 3.52. The first kappa shape index (κ1) is 16.7. The average Bonchev–Trinajstić information content (AvgIpc) is 3.08. The zero-order valence-electron chi connectivity index (χ0n) is 13.0. The average molecular weight is 360 g/mol. The summed E-state index contributed by atoms with van der Waals surface area (Å²) in [7, 11) is 0. The van der Waals surface area contributed by atoms with Crippen LogP contribution in [0.3, 0.4) is 0 Å². The van der Waals surface area contributed by atoms with Gasteiger partial charge in [0.2, 0.25) is 0 Å². The number of carbonyl (C=O) groups is 1. The van der Waals surface area contributed by atoms with Crippen molar-refractivity contribution < 1.29 is 9.53 Å². The summed E-state index contributed by atoms with van der Waals surface area (Å²) < 4.78 is 5.37. The van der Waals surface area contributed by atoms with Crippen LogP contribution in [0.2, 0.25) is 0 Å². The summed E-state index contributed by atoms with van der Waals surface area (Å²) in [6.45, 7) is 1.70. The topological polar surface area (TPSA) is 72.0 Å². The van der Waals surface area contributed by atoms with E-state index in [9.17, 15) is 9.59 Å². The van der Waals surface area contributed by atoms with Crippen LogP contribution in [0.1, 0.15) is 23.7 Å². The Morgan fingerprint density at radius 3 is 2.96 bits per heavy atom. The lowest BCUT2D eigenvalue weighted by Crippen LogP contribution is -2.18. The van der Waals surface area contributed by atoms with Gasteiger partial charge in [0.25, 0.3) is 5.56 Å². The van der Waals surface area contributed by atoms with E-state index in [1.165, 1.54) is 16.6 Å². The number of para-hydroxylation sites is 1. The van der Waals surface area contributed by atoms with Gasteiger partial charge in [-0.25, -0.2) is 4.98 Å². The van der Waals surface area contributed by atoms with E-state index >= 15 is 0 Å². The lowest BCUT2D eigenvalue weighted by molar-refractivity contribution is -0.145. The summed E-state index contributed by atoms with van der Waals surface area (Å²) in [5.74, 6) is 1.09. The Balaban J connectivity index is 1.60. The minimum atomic E-state index is -0.600. The van der Waals surface area contributed by atoms with Crippen molar-refractivity contribution in [3.8, 4) is 0 Å². The molecule has 0 radical (unpaired) electrons. The molecular weight excluding hydrogens is 344 g/mol. The Kier molecular flexibility index (Phi) is 5.32. The van der Waals surface area contributed by atoms with Crippen LogP contribution in [0.15, 0.2) is 46.6 Å². The van der Waals surface area contributed by atoms with Crippen LogP contribution in [0.25, 0.3) is 10.9 Å². The number of hydrogen-bond acceptors (Lipinski definition) is 6. The molecule has 124 valence electrons. The fraction of sp³-hybridized carbons (Fsp3) is 0.235. The third-order valence-corrected chi connectivity index (χ3v) is 5.38. The Hall–Kier alpha value is -2.12. The fourth-order valence-corrected chi connectivity index (χ4v) is 3.86. The molecule has 1 aromatic carbocycles. The van der Waals surface area contributed by atoms with Crippen LogP contribution in [0.4, 0.5) is 0 Å². The standard InChI is InChI=1S/C17H16N2O3S2/c1-11(22-15(20)10-23-9-12-5-4-8-24-12)16-18-14-7-3-2-6-13(14)17(21)19-16/h2-8,11H,9-10H2,1H3,(H,18,19,21)/t11-/m0/s1. The molecule has 0 aliphatic heterocycles. The van der Waals surface area contributed by atoms with Gasteiger partial charge in [0.15, 0.2) is 11.9 Å². The molecule has 0 unspecified atom stereocenters. The quantitative estimate of drug-likeness (QED) is 0.681. The monoisotopic (exact) mass is 360 g/mol. The Morgan fingerprint density at radius 2 is 2.17 bits per heavy atom. The van der Waals surface area contributed by atoms with Crippen molar-refractivity contribution in [1.82, 2.24) is 9.97 Å². The van der Waals surface area contributed by atoms with Crippen molar-refractivity contribution in [2.75, 3.05) is 5.75 Å². The van der Waals surface area contributed by atoms with E-state index in [0.717, 1.165) is 5.75 Å². The maximum atomic E-state index is 12.1. The van der Waals surface area contributed by atoms with Gasteiger partial charge in [-0.1, -0.05) is 18.2 Å². The van der Waals surface area contributed by atoms with E-state index in [2.05, 4.69) is 9.97 Å². The molecule has 0 saturated carbocycles. The van der Waals surface area contributed by atoms with Gasteiger partial charge >= 0.3 is 5.97 Å². The molecular formula is C17H16N2O3S2. The van der Waals surface area contributed by atoms with Gasteiger partial charge in [-0.3, -0.25) is 9.59 Å². The fourth-order valence-electron chi connectivity index (χ4n) is 2.21. The van der Waals surface area contributed by atoms with Gasteiger partial charge in [0, 0.05) is 10.6 Å². The number of carbonyl (C=O) groups excluding carboxylic acids is 1. The molecule has 1 atom stereocenters. The van der Waals surface area contributed by atoms with Gasteiger partial charge in [-0.05, 0) is 30.5 Å². The number of esters is 1. The summed E-state index contributed by atoms with van der Waals surface area (Å²) in [5, 5.41) is 2.53. The molecule has 2 aromatic heterocycles. The third-order valence-electron chi connectivity index (χ3n) is 3.37. The smallest absolute Gasteiger partial charge is 0.316 e. The number of fused-ring (bicyclic) bond motifs is 1. The zero-order valence-corrected chi connectivity index (χ0v) is 14.7. The van der Waals surface area contributed by atoms with Crippen LogP contribution in [0, 0.1) is 0 Å². The molecule has 5 nitrogen and oxygen atoms in total. The highest BCUT2D eigenvalue weighted by atomic mass is 32.2. The highest BCUT2D eigenvalue weighted by Gasteiger charge is 2.15. The van der Waals surface area contributed by atoms with E-state index in [4.69, 9.17) is 4.74 Å². The lowest BCUT2D eigenvalue weighted by atomic mass is 10.2. The maximum Gasteiger partial charge on any atom is 0.316 e. The van der Waals surface area contributed by atoms with Crippen molar-refractivity contribution in [2.45, 2.75) is 18.8 Å². The highest BCUT2D eigenvalue weighted by molar-refractivity contribution is 7.99. The number of benzene rings is 1. The van der Waals surface area contributed by atoms with Gasteiger partial charge < -0.3 is 9.72 Å². The summed E-state index contributed by atoms with van der Waals surface area (Å²) in [6, 6.07) is 11.1. The Morgan fingerprint density at radius 1 is 1.33 bits per heavy atom. The van der Waals surface area contributed by atoms with Crippen molar-refractivity contribution in [3.63, 3.8) is 0 Å². The predicted molar refractivity (Wildman–Crippen MR) is 97.4 cm³/mol. The van der Waals surface area contributed by atoms with Crippen LogP contribution in [-0.4, -0.2) is 21.7 Å². The van der Waals surface area contributed by atoms with Crippen LogP contribution >= 0.6 is 23.1 Å².